The van der Waals surface area contributed by atoms with E-state index in [0.717, 1.165) is 50.8 Å². The van der Waals surface area contributed by atoms with Crippen LogP contribution in [0.2, 0.25) is 0 Å². The lowest BCUT2D eigenvalue weighted by molar-refractivity contribution is -0.143. The molecule has 0 amide bonds. The lowest BCUT2D eigenvalue weighted by Crippen LogP contribution is -2.54. The first-order valence-corrected chi connectivity index (χ1v) is 16.5. The number of hydrogen-bond acceptors (Lipinski definition) is 8. The molecule has 0 radical (unpaired) electrons. The van der Waals surface area contributed by atoms with E-state index in [1.165, 1.54) is 31.8 Å². The van der Waals surface area contributed by atoms with Crippen LogP contribution in [0.4, 0.5) is 0 Å². The van der Waals surface area contributed by atoms with Gasteiger partial charge in [0.05, 0.1) is 43.7 Å². The van der Waals surface area contributed by atoms with Crippen molar-refractivity contribution in [2.75, 3.05) is 46.0 Å². The molecule has 1 aliphatic carbocycles. The molecule has 2 aliphatic rings. The van der Waals surface area contributed by atoms with E-state index in [9.17, 15) is 9.59 Å². The number of nitrogens with zero attached hydrogens (tertiary/aromatic N) is 3. The molecule has 5 rings (SSSR count). The van der Waals surface area contributed by atoms with Crippen molar-refractivity contribution in [2.45, 2.75) is 57.9 Å². The number of piperazine rings is 1. The minimum atomic E-state index is -1.08. The summed E-state index contributed by atoms with van der Waals surface area (Å²) in [4.78, 5) is 32.3. The van der Waals surface area contributed by atoms with Crippen LogP contribution in [0.5, 0.6) is 0 Å². The molecule has 3 N–H and O–H groups in total. The van der Waals surface area contributed by atoms with Gasteiger partial charge in [0.2, 0.25) is 0 Å². The summed E-state index contributed by atoms with van der Waals surface area (Å²) < 4.78 is 5.65. The first kappa shape index (κ1) is 34.3. The number of rotatable bonds is 13. The number of pyridine rings is 1. The van der Waals surface area contributed by atoms with Gasteiger partial charge in [-0.15, -0.1) is 11.3 Å². The van der Waals surface area contributed by atoms with Crippen LogP contribution >= 0.6 is 11.3 Å². The van der Waals surface area contributed by atoms with Crippen molar-refractivity contribution in [1.82, 2.24) is 14.8 Å². The van der Waals surface area contributed by atoms with Crippen LogP contribution in [0.25, 0.3) is 11.8 Å². The minimum Gasteiger partial charge on any atom is -0.481 e. The molecule has 1 atom stereocenters. The summed E-state index contributed by atoms with van der Waals surface area (Å²) in [6, 6.07) is 17.9. The van der Waals surface area contributed by atoms with Crippen LogP contribution in [0.1, 0.15) is 59.9 Å². The Hall–Kier alpha value is -3.57. The molecule has 0 saturated carbocycles. The van der Waals surface area contributed by atoms with Crippen molar-refractivity contribution in [1.29, 1.82) is 0 Å². The zero-order valence-corrected chi connectivity index (χ0v) is 27.0. The Labute approximate surface area is 269 Å². The molecule has 9 nitrogen and oxygen atoms in total. The third-order valence-corrected chi connectivity index (χ3v) is 9.52. The van der Waals surface area contributed by atoms with Crippen molar-refractivity contribution in [3.63, 3.8) is 0 Å². The maximum Gasteiger partial charge on any atom is 0.303 e. The van der Waals surface area contributed by atoms with Crippen LogP contribution in [0.15, 0.2) is 54.7 Å². The van der Waals surface area contributed by atoms with E-state index in [4.69, 9.17) is 25.0 Å². The number of fused-ring (bicyclic) bond motifs is 2. The van der Waals surface area contributed by atoms with Crippen molar-refractivity contribution in [3.8, 4) is 0 Å². The second-order valence-electron chi connectivity index (χ2n) is 11.6. The highest BCUT2D eigenvalue weighted by molar-refractivity contribution is 7.12. The molecule has 2 aromatic heterocycles. The van der Waals surface area contributed by atoms with E-state index in [1.807, 2.05) is 17.5 Å². The van der Waals surface area contributed by atoms with Crippen molar-refractivity contribution in [2.24, 2.45) is 0 Å². The summed E-state index contributed by atoms with van der Waals surface area (Å²) in [5.41, 5.74) is 4.08. The molecular formula is C35H45N3O6S. The molecule has 1 aromatic carbocycles. The van der Waals surface area contributed by atoms with Gasteiger partial charge >= 0.3 is 11.9 Å². The molecule has 10 heteroatoms. The second kappa shape index (κ2) is 17.2. The maximum atomic E-state index is 9.64. The molecule has 3 heterocycles. The molecule has 0 bridgehead atoms. The van der Waals surface area contributed by atoms with Crippen LogP contribution in [-0.4, -0.2) is 94.1 Å². The number of benzene rings is 1. The standard InChI is InChI=1S/C31H39N3O2S.C4H6O4/c1-23(2)29-21-27-28(37-29)13-11-25-9-6-14-32-30(25)31(27)34-16-15-33(17-19-36-20-18-35)26(22-34)12-10-24-7-4-3-5-8-24;5-3(6)1-2-4(7)8/h3-9,11,14,21,23,26,35H,10,12-13,15-20,22H2,1-2H3;1-2H2,(H,5,6)(H,7,8). The van der Waals surface area contributed by atoms with Gasteiger partial charge in [-0.1, -0.05) is 56.3 Å². The molecule has 3 aromatic rings. The first-order chi connectivity index (χ1) is 21.8. The molecule has 242 valence electrons. The van der Waals surface area contributed by atoms with Crippen molar-refractivity contribution >= 4 is 35.0 Å². The summed E-state index contributed by atoms with van der Waals surface area (Å²) in [5.74, 6) is -1.63. The predicted molar refractivity (Wildman–Crippen MR) is 177 cm³/mol. The van der Waals surface area contributed by atoms with E-state index in [0.29, 0.717) is 25.2 Å². The smallest absolute Gasteiger partial charge is 0.303 e. The number of ether oxygens (including phenoxy) is 1. The van der Waals surface area contributed by atoms with Crippen LogP contribution < -0.4 is 10.6 Å². The zero-order chi connectivity index (χ0) is 32.2. The first-order valence-electron chi connectivity index (χ1n) is 15.7. The van der Waals surface area contributed by atoms with Gasteiger partial charge in [0.1, 0.15) is 0 Å². The minimum absolute atomic E-state index is 0.0777. The highest BCUT2D eigenvalue weighted by Gasteiger charge is 2.30. The number of aliphatic hydroxyl groups excluding tert-OH is 1. The Morgan fingerprint density at radius 2 is 1.80 bits per heavy atom. The molecule has 45 heavy (non-hydrogen) atoms. The predicted octanol–water partition coefficient (Wildman–Crippen LogP) is 3.32. The number of carbonyl (C=O) groups is 2. The Bertz CT molecular complexity index is 1510. The second-order valence-corrected chi connectivity index (χ2v) is 12.8. The zero-order valence-electron chi connectivity index (χ0n) is 26.2. The number of aliphatic hydroxyl groups is 1. The fraction of sp³-hybridized carbons (Fsp3) is 0.457. The summed E-state index contributed by atoms with van der Waals surface area (Å²) in [6.45, 7) is 9.56. The average molecular weight is 636 g/mol. The van der Waals surface area contributed by atoms with Crippen molar-refractivity contribution in [3.05, 3.63) is 86.2 Å². The fourth-order valence-corrected chi connectivity index (χ4v) is 6.85. The van der Waals surface area contributed by atoms with Gasteiger partial charge in [-0.05, 0) is 41.7 Å². The summed E-state index contributed by atoms with van der Waals surface area (Å²) in [6.07, 6.45) is 6.83. The molecule has 0 spiro atoms. The van der Waals surface area contributed by atoms with Gasteiger partial charge in [0.25, 0.3) is 0 Å². The lowest BCUT2D eigenvalue weighted by Gasteiger charge is -2.43. The van der Waals surface area contributed by atoms with E-state index in [2.05, 4.69) is 78.3 Å². The quantitative estimate of drug-likeness (QED) is 0.243. The Kier molecular flexibility index (Phi) is 13.1. The third-order valence-electron chi connectivity index (χ3n) is 8.06. The molecule has 1 aliphatic heterocycles. The highest BCUT2D eigenvalue weighted by Crippen LogP contribution is 2.35. The number of carboxylic acid groups (broad SMARTS) is 2. The number of aliphatic carboxylic acids is 2. The Morgan fingerprint density at radius 3 is 2.49 bits per heavy atom. The Balaban J connectivity index is 0.000000510. The largest absolute Gasteiger partial charge is 0.481 e. The van der Waals surface area contributed by atoms with Crippen molar-refractivity contribution < 1.29 is 29.6 Å². The number of aromatic nitrogens is 1. The van der Waals surface area contributed by atoms with E-state index in [1.54, 1.807) is 0 Å². The molecule has 1 saturated heterocycles. The maximum absolute atomic E-state index is 9.64. The third kappa shape index (κ3) is 9.96. The topological polar surface area (TPSA) is 123 Å². The highest BCUT2D eigenvalue weighted by atomic mass is 32.1. The summed E-state index contributed by atoms with van der Waals surface area (Å²) in [7, 11) is 0. The van der Waals surface area contributed by atoms with Crippen LogP contribution in [0.3, 0.4) is 0 Å². The average Bonchev–Trinajstić information content (AvgIpc) is 3.39. The summed E-state index contributed by atoms with van der Waals surface area (Å²) >= 11 is 1.97. The normalized spacial score (nSPS) is 16.2. The molecule has 1 unspecified atom stereocenters. The number of hydrogen-bond donors (Lipinski definition) is 3. The SMILES string of the molecule is CC(C)c1cc2c(s1)CC=c1cccnc1=C2N1CCN(CCOCCO)C(CCc2ccccc2)C1.O=C(O)CCC(=O)O. The van der Waals surface area contributed by atoms with E-state index in [-0.39, 0.29) is 19.4 Å². The lowest BCUT2D eigenvalue weighted by atomic mass is 10.00. The fourth-order valence-electron chi connectivity index (χ4n) is 5.72. The van der Waals surface area contributed by atoms with Gasteiger partial charge in [0.15, 0.2) is 0 Å². The number of carboxylic acids is 2. The van der Waals surface area contributed by atoms with Gasteiger partial charge in [-0.25, -0.2) is 0 Å². The monoisotopic (exact) mass is 635 g/mol. The van der Waals surface area contributed by atoms with Gasteiger partial charge in [-0.2, -0.15) is 0 Å². The summed E-state index contributed by atoms with van der Waals surface area (Å²) in [5, 5.41) is 27.3. The van der Waals surface area contributed by atoms with Gasteiger partial charge < -0.3 is 25.0 Å². The molecular weight excluding hydrogens is 590 g/mol. The van der Waals surface area contributed by atoms with Crippen LogP contribution in [-0.2, 0) is 27.2 Å². The van der Waals surface area contributed by atoms with Gasteiger partial charge in [0, 0.05) is 60.2 Å². The van der Waals surface area contributed by atoms with Gasteiger partial charge in [-0.3, -0.25) is 19.5 Å². The van der Waals surface area contributed by atoms with Crippen LogP contribution in [0, 0.1) is 0 Å². The van der Waals surface area contributed by atoms with E-state index >= 15 is 0 Å². The van der Waals surface area contributed by atoms with E-state index < -0.39 is 11.9 Å². The Morgan fingerprint density at radius 1 is 1.04 bits per heavy atom. The number of thiophene rings is 1. The number of aryl methyl sites for hydroxylation is 1. The molecule has 1 fully saturated rings.